The van der Waals surface area contributed by atoms with Crippen molar-refractivity contribution in [2.24, 2.45) is 0 Å². The van der Waals surface area contributed by atoms with Crippen LogP contribution in [0.15, 0.2) is 48.5 Å². The van der Waals surface area contributed by atoms with Gasteiger partial charge in [-0.1, -0.05) is 19.1 Å². The molecule has 26 heavy (non-hydrogen) atoms. The molecule has 0 heterocycles. The minimum atomic E-state index is -4.85. The van der Waals surface area contributed by atoms with Gasteiger partial charge < -0.3 is 19.5 Å². The number of carbonyl (C=O) groups is 1. The number of ether oxygens (including phenoxy) is 3. The highest BCUT2D eigenvalue weighted by Crippen LogP contribution is 2.29. The van der Waals surface area contributed by atoms with Gasteiger partial charge >= 0.3 is 6.36 Å². The first-order valence-corrected chi connectivity index (χ1v) is 7.87. The molecule has 0 radical (unpaired) electrons. The average molecular weight is 369 g/mol. The summed E-state index contributed by atoms with van der Waals surface area (Å²) in [5, 5.41) is 2.33. The van der Waals surface area contributed by atoms with Crippen molar-refractivity contribution < 1.29 is 32.2 Å². The number of rotatable bonds is 8. The van der Waals surface area contributed by atoms with Crippen LogP contribution < -0.4 is 19.5 Å². The van der Waals surface area contributed by atoms with Gasteiger partial charge in [-0.05, 0) is 42.8 Å². The summed E-state index contributed by atoms with van der Waals surface area (Å²) in [6, 6.07) is 11.9. The van der Waals surface area contributed by atoms with Gasteiger partial charge in [0.25, 0.3) is 5.91 Å². The second-order valence-corrected chi connectivity index (χ2v) is 5.20. The van der Waals surface area contributed by atoms with E-state index in [1.807, 2.05) is 6.92 Å². The summed E-state index contributed by atoms with van der Waals surface area (Å²) in [5.41, 5.74) is -0.0956. The highest BCUT2D eigenvalue weighted by atomic mass is 19.4. The molecule has 0 aromatic heterocycles. The minimum absolute atomic E-state index is 0.0956. The Morgan fingerprint density at radius 2 is 1.62 bits per heavy atom. The molecule has 0 aliphatic heterocycles. The van der Waals surface area contributed by atoms with E-state index in [0.29, 0.717) is 18.1 Å². The smallest absolute Gasteiger partial charge is 0.494 e. The predicted molar refractivity (Wildman–Crippen MR) is 89.5 cm³/mol. The summed E-state index contributed by atoms with van der Waals surface area (Å²) in [5.74, 6) is 0.00557. The molecule has 0 saturated heterocycles. The van der Waals surface area contributed by atoms with E-state index in [1.54, 1.807) is 24.3 Å². The van der Waals surface area contributed by atoms with Gasteiger partial charge in [0.05, 0.1) is 12.3 Å². The molecule has 1 N–H and O–H groups in total. The van der Waals surface area contributed by atoms with Crippen molar-refractivity contribution in [3.05, 3.63) is 48.5 Å². The molecule has 140 valence electrons. The first-order valence-electron chi connectivity index (χ1n) is 7.87. The van der Waals surface area contributed by atoms with Crippen molar-refractivity contribution in [2.45, 2.75) is 19.7 Å². The van der Waals surface area contributed by atoms with Crippen LogP contribution in [0.2, 0.25) is 0 Å². The van der Waals surface area contributed by atoms with Gasteiger partial charge in [0, 0.05) is 0 Å². The van der Waals surface area contributed by atoms with Gasteiger partial charge in [-0.2, -0.15) is 0 Å². The maximum Gasteiger partial charge on any atom is 0.573 e. The summed E-state index contributed by atoms with van der Waals surface area (Å²) in [7, 11) is 0. The molecule has 2 aromatic carbocycles. The molecule has 0 spiro atoms. The number of nitrogens with one attached hydrogen (secondary N) is 1. The van der Waals surface area contributed by atoms with Crippen molar-refractivity contribution in [2.75, 3.05) is 18.5 Å². The van der Waals surface area contributed by atoms with E-state index in [4.69, 9.17) is 9.47 Å². The molecule has 0 saturated carbocycles. The molecule has 2 aromatic rings. The monoisotopic (exact) mass is 369 g/mol. The first kappa shape index (κ1) is 19.4. The van der Waals surface area contributed by atoms with Crippen molar-refractivity contribution in [3.8, 4) is 17.2 Å². The Balaban J connectivity index is 1.89. The van der Waals surface area contributed by atoms with E-state index in [-0.39, 0.29) is 12.3 Å². The van der Waals surface area contributed by atoms with Gasteiger partial charge in [0.2, 0.25) is 0 Å². The largest absolute Gasteiger partial charge is 0.573 e. The molecule has 1 amide bonds. The molecule has 0 atom stereocenters. The van der Waals surface area contributed by atoms with Crippen LogP contribution in [0.3, 0.4) is 0 Å². The Kier molecular flexibility index (Phi) is 6.71. The quantitative estimate of drug-likeness (QED) is 0.750. The van der Waals surface area contributed by atoms with Crippen LogP contribution in [-0.2, 0) is 4.79 Å². The lowest BCUT2D eigenvalue weighted by molar-refractivity contribution is -0.274. The fraction of sp³-hybridized carbons (Fsp3) is 0.278. The fourth-order valence-electron chi connectivity index (χ4n) is 1.97. The molecule has 0 aliphatic rings. The van der Waals surface area contributed by atoms with E-state index in [1.165, 1.54) is 18.2 Å². The molecule has 0 bridgehead atoms. The van der Waals surface area contributed by atoms with E-state index in [9.17, 15) is 18.0 Å². The van der Waals surface area contributed by atoms with Crippen molar-refractivity contribution >= 4 is 11.6 Å². The zero-order chi connectivity index (χ0) is 19.0. The standard InChI is InChI=1S/C18H18F3NO4/c1-2-11-24-13-7-9-14(10-8-13)25-12-17(23)22-15-5-3-4-6-16(15)26-18(19,20)21/h3-10H,2,11-12H2,1H3,(H,22,23). The topological polar surface area (TPSA) is 56.8 Å². The van der Waals surface area contributed by atoms with Crippen LogP contribution in [0.4, 0.5) is 18.9 Å². The molecular weight excluding hydrogens is 351 g/mol. The number of hydrogen-bond acceptors (Lipinski definition) is 4. The van der Waals surface area contributed by atoms with Gasteiger partial charge in [0.15, 0.2) is 12.4 Å². The van der Waals surface area contributed by atoms with Crippen LogP contribution in [-0.4, -0.2) is 25.5 Å². The van der Waals surface area contributed by atoms with Crippen LogP contribution >= 0.6 is 0 Å². The number of carbonyl (C=O) groups excluding carboxylic acids is 1. The maximum absolute atomic E-state index is 12.4. The lowest BCUT2D eigenvalue weighted by Crippen LogP contribution is -2.22. The zero-order valence-electron chi connectivity index (χ0n) is 14.0. The van der Waals surface area contributed by atoms with Crippen molar-refractivity contribution in [1.29, 1.82) is 0 Å². The Morgan fingerprint density at radius 1 is 1.00 bits per heavy atom. The maximum atomic E-state index is 12.4. The van der Waals surface area contributed by atoms with E-state index in [2.05, 4.69) is 10.1 Å². The second-order valence-electron chi connectivity index (χ2n) is 5.20. The first-order chi connectivity index (χ1) is 12.4. The normalized spacial score (nSPS) is 10.9. The fourth-order valence-corrected chi connectivity index (χ4v) is 1.97. The highest BCUT2D eigenvalue weighted by Gasteiger charge is 2.32. The summed E-state index contributed by atoms with van der Waals surface area (Å²) in [6.45, 7) is 2.23. The van der Waals surface area contributed by atoms with Crippen LogP contribution in [0, 0.1) is 0 Å². The molecule has 0 unspecified atom stereocenters. The number of hydrogen-bond donors (Lipinski definition) is 1. The lowest BCUT2D eigenvalue weighted by atomic mass is 10.3. The number of benzene rings is 2. The number of amides is 1. The molecule has 5 nitrogen and oxygen atoms in total. The van der Waals surface area contributed by atoms with Crippen LogP contribution in [0.25, 0.3) is 0 Å². The van der Waals surface area contributed by atoms with Gasteiger partial charge in [-0.15, -0.1) is 13.2 Å². The lowest BCUT2D eigenvalue weighted by Gasteiger charge is -2.14. The Hall–Kier alpha value is -2.90. The highest BCUT2D eigenvalue weighted by molar-refractivity contribution is 5.93. The van der Waals surface area contributed by atoms with Gasteiger partial charge in [-0.3, -0.25) is 4.79 Å². The average Bonchev–Trinajstić information content (AvgIpc) is 2.59. The number of halogens is 3. The third-order valence-corrected chi connectivity index (χ3v) is 3.05. The molecule has 0 fully saturated rings. The van der Waals surface area contributed by atoms with Crippen LogP contribution in [0.5, 0.6) is 17.2 Å². The third-order valence-electron chi connectivity index (χ3n) is 3.05. The second kappa shape index (κ2) is 8.98. The number of para-hydroxylation sites is 2. The summed E-state index contributed by atoms with van der Waals surface area (Å²) < 4.78 is 51.7. The number of alkyl halides is 3. The molecule has 0 aliphatic carbocycles. The molecule has 8 heteroatoms. The number of anilines is 1. The van der Waals surface area contributed by atoms with Gasteiger partial charge in [0.1, 0.15) is 11.5 Å². The predicted octanol–water partition coefficient (Wildman–Crippen LogP) is 4.39. The van der Waals surface area contributed by atoms with Crippen molar-refractivity contribution in [3.63, 3.8) is 0 Å². The Labute approximate surface area is 148 Å². The summed E-state index contributed by atoms with van der Waals surface area (Å²) >= 11 is 0. The molecular formula is C18H18F3NO4. The summed E-state index contributed by atoms with van der Waals surface area (Å²) in [4.78, 5) is 11.9. The van der Waals surface area contributed by atoms with E-state index in [0.717, 1.165) is 12.5 Å². The Bertz CT molecular complexity index is 717. The zero-order valence-corrected chi connectivity index (χ0v) is 14.0. The third kappa shape index (κ3) is 6.54. The Morgan fingerprint density at radius 3 is 2.23 bits per heavy atom. The van der Waals surface area contributed by atoms with Crippen LogP contribution in [0.1, 0.15) is 13.3 Å². The SMILES string of the molecule is CCCOc1ccc(OCC(=O)Nc2ccccc2OC(F)(F)F)cc1. The summed E-state index contributed by atoms with van der Waals surface area (Å²) in [6.07, 6.45) is -3.96. The van der Waals surface area contributed by atoms with E-state index < -0.39 is 18.0 Å². The molecule has 2 rings (SSSR count). The van der Waals surface area contributed by atoms with Crippen molar-refractivity contribution in [1.82, 2.24) is 0 Å². The van der Waals surface area contributed by atoms with E-state index >= 15 is 0 Å². The van der Waals surface area contributed by atoms with Gasteiger partial charge in [-0.25, -0.2) is 0 Å². The minimum Gasteiger partial charge on any atom is -0.494 e.